The fourth-order valence-electron chi connectivity index (χ4n) is 8.21. The summed E-state index contributed by atoms with van der Waals surface area (Å²) in [6.07, 6.45) is 6.01. The van der Waals surface area contributed by atoms with Crippen LogP contribution in [0.5, 0.6) is 0 Å². The van der Waals surface area contributed by atoms with E-state index in [4.69, 9.17) is 10.5 Å². The predicted octanol–water partition coefficient (Wildman–Crippen LogP) is 3.87. The molecule has 0 heterocycles. The minimum absolute atomic E-state index is 0.0194. The monoisotopic (exact) mass is 507 g/mol. The topological polar surface area (TPSA) is 110 Å². The molecule has 0 aliphatic heterocycles. The van der Waals surface area contributed by atoms with Crippen molar-refractivity contribution in [3.05, 3.63) is 12.7 Å². The molecular weight excluding hydrogens is 462 g/mol. The van der Waals surface area contributed by atoms with Gasteiger partial charge in [-0.1, -0.05) is 33.8 Å². The number of thioether (sulfide) groups is 1. The molecule has 4 aliphatic carbocycles. The van der Waals surface area contributed by atoms with Crippen molar-refractivity contribution in [2.24, 2.45) is 39.7 Å². The third kappa shape index (κ3) is 4.42. The first kappa shape index (κ1) is 27.2. The molecule has 4 saturated carbocycles. The number of rotatable bonds is 5. The van der Waals surface area contributed by atoms with Gasteiger partial charge in [-0.05, 0) is 62.2 Å². The molecule has 3 unspecified atom stereocenters. The molecule has 0 spiro atoms. The molecule has 0 saturated heterocycles. The molecule has 4 aliphatic rings. The summed E-state index contributed by atoms with van der Waals surface area (Å²) < 4.78 is 6.29. The number of hydrogen-bond acceptors (Lipinski definition) is 7. The van der Waals surface area contributed by atoms with E-state index in [1.165, 1.54) is 11.8 Å². The van der Waals surface area contributed by atoms with Gasteiger partial charge in [-0.3, -0.25) is 9.59 Å². The van der Waals surface area contributed by atoms with Gasteiger partial charge in [-0.15, -0.1) is 18.3 Å². The Morgan fingerprint density at radius 2 is 1.94 bits per heavy atom. The molecule has 35 heavy (non-hydrogen) atoms. The van der Waals surface area contributed by atoms with Gasteiger partial charge < -0.3 is 20.7 Å². The smallest absolute Gasteiger partial charge is 0.316 e. The molecule has 6 nitrogen and oxygen atoms in total. The summed E-state index contributed by atoms with van der Waals surface area (Å²) >= 11 is 1.45. The highest BCUT2D eigenvalue weighted by Gasteiger charge is 2.68. The number of esters is 1. The van der Waals surface area contributed by atoms with E-state index in [0.29, 0.717) is 19.3 Å². The van der Waals surface area contributed by atoms with Crippen molar-refractivity contribution in [2.75, 3.05) is 5.75 Å². The minimum atomic E-state index is -0.663. The SMILES string of the molecule is C=C[C@]1(C)C[C@@H](OC(=O)CSC2CCC(N)CC2O)[C@]2(C)[C@H](C)CC[C@]3(CCC(=O)[C@H]32)[C@@H](C)[C@@H]1O. The van der Waals surface area contributed by atoms with Crippen molar-refractivity contribution >= 4 is 23.5 Å². The van der Waals surface area contributed by atoms with Crippen molar-refractivity contribution in [1.82, 2.24) is 0 Å². The van der Waals surface area contributed by atoms with Gasteiger partial charge in [0.25, 0.3) is 0 Å². The summed E-state index contributed by atoms with van der Waals surface area (Å²) in [7, 11) is 0. The summed E-state index contributed by atoms with van der Waals surface area (Å²) in [6.45, 7) is 12.5. The van der Waals surface area contributed by atoms with Crippen LogP contribution in [0.3, 0.4) is 0 Å². The van der Waals surface area contributed by atoms with E-state index in [2.05, 4.69) is 27.4 Å². The third-order valence-electron chi connectivity index (χ3n) is 10.8. The Bertz CT molecular complexity index is 851. The van der Waals surface area contributed by atoms with Crippen LogP contribution in [0.15, 0.2) is 12.7 Å². The van der Waals surface area contributed by atoms with Crippen LogP contribution in [-0.4, -0.2) is 57.3 Å². The Morgan fingerprint density at radius 1 is 1.23 bits per heavy atom. The normalized spacial score (nSPS) is 50.1. The fourth-order valence-corrected chi connectivity index (χ4v) is 9.27. The van der Waals surface area contributed by atoms with Gasteiger partial charge in [-0.2, -0.15) is 0 Å². The van der Waals surface area contributed by atoms with Crippen LogP contribution < -0.4 is 5.73 Å². The molecule has 4 N–H and O–H groups in total. The van der Waals surface area contributed by atoms with Gasteiger partial charge in [0, 0.05) is 34.5 Å². The number of carbonyl (C=O) groups excluding carboxylic acids is 2. The molecule has 4 fully saturated rings. The first-order chi connectivity index (χ1) is 16.4. The zero-order valence-electron chi connectivity index (χ0n) is 21.9. The summed E-state index contributed by atoms with van der Waals surface area (Å²) in [6, 6.07) is 0.0195. The molecule has 0 amide bonds. The highest BCUT2D eigenvalue weighted by atomic mass is 32.2. The number of Topliss-reactive ketones (excluding diaryl/α,β-unsaturated/α-hetero) is 1. The van der Waals surface area contributed by atoms with Crippen molar-refractivity contribution in [3.8, 4) is 0 Å². The van der Waals surface area contributed by atoms with E-state index in [-0.39, 0.29) is 52.0 Å². The van der Waals surface area contributed by atoms with Crippen molar-refractivity contribution in [3.63, 3.8) is 0 Å². The molecule has 0 radical (unpaired) electrons. The second-order valence-corrected chi connectivity index (χ2v) is 13.8. The van der Waals surface area contributed by atoms with Crippen LogP contribution in [0.25, 0.3) is 0 Å². The second kappa shape index (κ2) is 9.77. The third-order valence-corrected chi connectivity index (χ3v) is 12.2. The quantitative estimate of drug-likeness (QED) is 0.383. The van der Waals surface area contributed by atoms with E-state index < -0.39 is 29.1 Å². The van der Waals surface area contributed by atoms with Crippen molar-refractivity contribution in [2.45, 2.75) is 109 Å². The summed E-state index contributed by atoms with van der Waals surface area (Å²) in [5.41, 5.74) is 4.57. The Hall–Kier alpha value is -0.890. The standard InChI is InChI=1S/C28H45NO5S/c1-6-26(4)14-22(34-23(32)15-35-21-8-7-18(29)13-20(21)31)27(5)16(2)9-11-28(17(3)25(26)33)12-10-19(30)24(27)28/h6,16-18,20-22,24-25,31,33H,1,7-15,29H2,2-5H3/t16-,17+,18?,20?,21?,22-,24+,25+,26-,27+,28+/m1/s1. The Balaban J connectivity index is 1.62. The number of aliphatic hydroxyl groups is 2. The maximum atomic E-state index is 13.5. The molecule has 4 rings (SSSR count). The van der Waals surface area contributed by atoms with Gasteiger partial charge in [0.2, 0.25) is 0 Å². The van der Waals surface area contributed by atoms with Gasteiger partial charge in [-0.25, -0.2) is 0 Å². The zero-order valence-corrected chi connectivity index (χ0v) is 22.7. The summed E-state index contributed by atoms with van der Waals surface area (Å²) in [5, 5.41) is 22.0. The maximum absolute atomic E-state index is 13.5. The molecule has 0 aromatic heterocycles. The van der Waals surface area contributed by atoms with E-state index in [1.54, 1.807) is 0 Å². The van der Waals surface area contributed by atoms with E-state index >= 15 is 0 Å². The van der Waals surface area contributed by atoms with Crippen molar-refractivity contribution in [1.29, 1.82) is 0 Å². The number of carbonyl (C=O) groups is 2. The average Bonchev–Trinajstić information content (AvgIpc) is 3.17. The molecule has 7 heteroatoms. The zero-order chi connectivity index (χ0) is 25.8. The summed E-state index contributed by atoms with van der Waals surface area (Å²) in [4.78, 5) is 26.7. The molecule has 198 valence electrons. The van der Waals surface area contributed by atoms with Crippen LogP contribution in [0.4, 0.5) is 0 Å². The van der Waals surface area contributed by atoms with Crippen LogP contribution in [-0.2, 0) is 14.3 Å². The Morgan fingerprint density at radius 3 is 2.60 bits per heavy atom. The Kier molecular flexibility index (Phi) is 7.58. The summed E-state index contributed by atoms with van der Waals surface area (Å²) in [5.74, 6) is 0.0613. The lowest BCUT2D eigenvalue weighted by atomic mass is 9.44. The number of aliphatic hydroxyl groups excluding tert-OH is 2. The molecular formula is C28H45NO5S. The lowest BCUT2D eigenvalue weighted by Crippen LogP contribution is -2.63. The lowest BCUT2D eigenvalue weighted by Gasteiger charge is -2.61. The predicted molar refractivity (Wildman–Crippen MR) is 139 cm³/mol. The lowest BCUT2D eigenvalue weighted by molar-refractivity contribution is -0.205. The van der Waals surface area contributed by atoms with Gasteiger partial charge >= 0.3 is 5.97 Å². The van der Waals surface area contributed by atoms with E-state index in [0.717, 1.165) is 32.1 Å². The van der Waals surface area contributed by atoms with Crippen LogP contribution in [0, 0.1) is 34.0 Å². The number of ketones is 1. The highest BCUT2D eigenvalue weighted by Crippen LogP contribution is 2.68. The number of nitrogens with two attached hydrogens (primary N) is 1. The minimum Gasteiger partial charge on any atom is -0.461 e. The first-order valence-electron chi connectivity index (χ1n) is 13.5. The van der Waals surface area contributed by atoms with Gasteiger partial charge in [0.1, 0.15) is 11.9 Å². The first-order valence-corrected chi connectivity index (χ1v) is 14.5. The average molecular weight is 508 g/mol. The largest absolute Gasteiger partial charge is 0.461 e. The van der Waals surface area contributed by atoms with E-state index in [1.807, 2.05) is 13.0 Å². The van der Waals surface area contributed by atoms with Gasteiger partial charge in [0.15, 0.2) is 0 Å². The van der Waals surface area contributed by atoms with Crippen molar-refractivity contribution < 1.29 is 24.5 Å². The van der Waals surface area contributed by atoms with Crippen LogP contribution in [0.2, 0.25) is 0 Å². The Labute approximate surface area is 214 Å². The fraction of sp³-hybridized carbons (Fsp3) is 0.857. The second-order valence-electron chi connectivity index (χ2n) is 12.6. The molecule has 2 bridgehead atoms. The van der Waals surface area contributed by atoms with E-state index in [9.17, 15) is 19.8 Å². The molecule has 0 aromatic rings. The molecule has 0 aromatic carbocycles. The van der Waals surface area contributed by atoms with Crippen LogP contribution >= 0.6 is 11.8 Å². The number of hydrogen-bond donors (Lipinski definition) is 3. The maximum Gasteiger partial charge on any atom is 0.316 e. The molecule has 11 atom stereocenters. The number of ether oxygens (including phenoxy) is 1. The van der Waals surface area contributed by atoms with Gasteiger partial charge in [0.05, 0.1) is 18.0 Å². The van der Waals surface area contributed by atoms with Crippen LogP contribution in [0.1, 0.15) is 79.1 Å². The highest BCUT2D eigenvalue weighted by molar-refractivity contribution is 8.00.